The van der Waals surface area contributed by atoms with Crippen LogP contribution in [0.1, 0.15) is 18.4 Å². The maximum absolute atomic E-state index is 12.8. The second kappa shape index (κ2) is 5.96. The van der Waals surface area contributed by atoms with Gasteiger partial charge in [0.15, 0.2) is 0 Å². The number of nitrogens with one attached hydrogen (secondary N) is 1. The first-order valence-corrected chi connectivity index (χ1v) is 6.58. The highest BCUT2D eigenvalue weighted by Gasteiger charge is 2.33. The predicted octanol–water partition coefficient (Wildman–Crippen LogP) is 2.91. The van der Waals surface area contributed by atoms with Crippen molar-refractivity contribution in [1.29, 1.82) is 0 Å². The van der Waals surface area contributed by atoms with Crippen LogP contribution in [0.4, 0.5) is 18.9 Å². The zero-order chi connectivity index (χ0) is 16.5. The molecule has 22 heavy (non-hydrogen) atoms. The summed E-state index contributed by atoms with van der Waals surface area (Å²) in [4.78, 5) is 23.2. The fourth-order valence-corrected chi connectivity index (χ4v) is 2.08. The molecule has 2 amide bonds. The number of nitrogens with zero attached hydrogens (tertiary/aromatic N) is 2. The molecule has 0 aromatic heterocycles. The summed E-state index contributed by atoms with van der Waals surface area (Å²) >= 11 is 5.50. The highest BCUT2D eigenvalue weighted by molar-refractivity contribution is 6.43. The Morgan fingerprint density at radius 2 is 2.05 bits per heavy atom. The van der Waals surface area contributed by atoms with E-state index in [9.17, 15) is 22.8 Å². The Labute approximate surface area is 128 Å². The summed E-state index contributed by atoms with van der Waals surface area (Å²) < 4.78 is 38.3. The lowest BCUT2D eigenvalue weighted by molar-refractivity contribution is -0.137. The molecule has 9 heteroatoms. The van der Waals surface area contributed by atoms with E-state index in [0.717, 1.165) is 17.1 Å². The number of alkyl halides is 3. The lowest BCUT2D eigenvalue weighted by Crippen LogP contribution is -2.34. The number of rotatable bonds is 2. The van der Waals surface area contributed by atoms with Gasteiger partial charge in [-0.3, -0.25) is 9.59 Å². The highest BCUT2D eigenvalue weighted by Crippen LogP contribution is 2.36. The summed E-state index contributed by atoms with van der Waals surface area (Å²) in [6.45, 7) is 0. The molecule has 0 aliphatic carbocycles. The van der Waals surface area contributed by atoms with Crippen molar-refractivity contribution in [3.05, 3.63) is 28.8 Å². The van der Waals surface area contributed by atoms with E-state index in [-0.39, 0.29) is 30.1 Å². The van der Waals surface area contributed by atoms with Crippen LogP contribution in [0.2, 0.25) is 5.02 Å². The lowest BCUT2D eigenvalue weighted by Gasteiger charge is -2.19. The zero-order valence-electron chi connectivity index (χ0n) is 11.4. The number of amides is 2. The molecule has 1 N–H and O–H groups in total. The van der Waals surface area contributed by atoms with Crippen molar-refractivity contribution in [2.24, 2.45) is 5.10 Å². The van der Waals surface area contributed by atoms with Gasteiger partial charge in [0.1, 0.15) is 5.71 Å². The topological polar surface area (TPSA) is 61.8 Å². The van der Waals surface area contributed by atoms with Crippen LogP contribution in [-0.2, 0) is 15.8 Å². The van der Waals surface area contributed by atoms with Gasteiger partial charge < -0.3 is 5.32 Å². The summed E-state index contributed by atoms with van der Waals surface area (Å²) in [6.07, 6.45) is -4.36. The van der Waals surface area contributed by atoms with Gasteiger partial charge in [-0.05, 0) is 18.2 Å². The molecule has 0 spiro atoms. The standard InChI is InChI=1S/C13H11ClF3N3O2/c1-20-11(21)5-4-10(19-20)12(22)18-7-2-3-9(14)8(6-7)13(15,16)17/h2-3,6H,4-5H2,1H3,(H,18,22). The van der Waals surface area contributed by atoms with Crippen LogP contribution in [0.25, 0.3) is 0 Å². The number of hydrogen-bond donors (Lipinski definition) is 1. The largest absolute Gasteiger partial charge is 0.417 e. The van der Waals surface area contributed by atoms with Crippen LogP contribution in [0.15, 0.2) is 23.3 Å². The van der Waals surface area contributed by atoms with Crippen molar-refractivity contribution in [2.75, 3.05) is 12.4 Å². The van der Waals surface area contributed by atoms with Crippen LogP contribution >= 0.6 is 11.6 Å². The number of hydrazone groups is 1. The average molecular weight is 334 g/mol. The Kier molecular flexibility index (Phi) is 4.41. The van der Waals surface area contributed by atoms with E-state index in [1.165, 1.54) is 13.1 Å². The van der Waals surface area contributed by atoms with E-state index in [0.29, 0.717) is 0 Å². The van der Waals surface area contributed by atoms with Crippen LogP contribution in [0.3, 0.4) is 0 Å². The SMILES string of the molecule is CN1N=C(C(=O)Nc2ccc(Cl)c(C(F)(F)F)c2)CCC1=O. The summed E-state index contributed by atoms with van der Waals surface area (Å²) in [5.74, 6) is -0.891. The van der Waals surface area contributed by atoms with Crippen molar-refractivity contribution < 1.29 is 22.8 Å². The minimum atomic E-state index is -4.62. The van der Waals surface area contributed by atoms with Gasteiger partial charge >= 0.3 is 6.18 Å². The molecule has 1 heterocycles. The summed E-state index contributed by atoms with van der Waals surface area (Å²) in [5.41, 5.74) is -1.01. The number of carbonyl (C=O) groups is 2. The molecule has 0 fully saturated rings. The maximum atomic E-state index is 12.8. The number of hydrogen-bond acceptors (Lipinski definition) is 3. The minimum absolute atomic E-state index is 0.0519. The van der Waals surface area contributed by atoms with Crippen molar-refractivity contribution in [1.82, 2.24) is 5.01 Å². The third kappa shape index (κ3) is 3.56. The fourth-order valence-electron chi connectivity index (χ4n) is 1.86. The van der Waals surface area contributed by atoms with Crippen molar-refractivity contribution in [3.8, 4) is 0 Å². The van der Waals surface area contributed by atoms with E-state index in [2.05, 4.69) is 10.4 Å². The number of benzene rings is 1. The molecule has 0 radical (unpaired) electrons. The highest BCUT2D eigenvalue weighted by atomic mass is 35.5. The van der Waals surface area contributed by atoms with Crippen molar-refractivity contribution >= 4 is 34.8 Å². The summed E-state index contributed by atoms with van der Waals surface area (Å²) in [6, 6.07) is 3.06. The predicted molar refractivity (Wildman–Crippen MR) is 74.5 cm³/mol. The summed E-state index contributed by atoms with van der Waals surface area (Å²) in [7, 11) is 1.40. The van der Waals surface area contributed by atoms with Crippen LogP contribution in [-0.4, -0.2) is 29.6 Å². The van der Waals surface area contributed by atoms with Crippen LogP contribution in [0, 0.1) is 0 Å². The maximum Gasteiger partial charge on any atom is 0.417 e. The second-order valence-corrected chi connectivity index (χ2v) is 5.02. The molecule has 0 atom stereocenters. The molecule has 2 rings (SSSR count). The van der Waals surface area contributed by atoms with Gasteiger partial charge in [0.05, 0.1) is 10.6 Å². The van der Waals surface area contributed by atoms with Gasteiger partial charge in [0.2, 0.25) is 5.91 Å². The van der Waals surface area contributed by atoms with Gasteiger partial charge in [0.25, 0.3) is 5.91 Å². The molecule has 118 valence electrons. The Morgan fingerprint density at radius 1 is 1.36 bits per heavy atom. The zero-order valence-corrected chi connectivity index (χ0v) is 12.1. The Morgan fingerprint density at radius 3 is 2.64 bits per heavy atom. The van der Waals surface area contributed by atoms with E-state index >= 15 is 0 Å². The van der Waals surface area contributed by atoms with E-state index in [1.807, 2.05) is 0 Å². The molecule has 0 bridgehead atoms. The van der Waals surface area contributed by atoms with Crippen LogP contribution in [0.5, 0.6) is 0 Å². The molecule has 1 aliphatic rings. The molecular formula is C13H11ClF3N3O2. The minimum Gasteiger partial charge on any atom is -0.321 e. The number of anilines is 1. The molecule has 0 unspecified atom stereocenters. The van der Waals surface area contributed by atoms with E-state index in [4.69, 9.17) is 11.6 Å². The monoisotopic (exact) mass is 333 g/mol. The molecule has 1 aliphatic heterocycles. The number of carbonyl (C=O) groups excluding carboxylic acids is 2. The first-order chi connectivity index (χ1) is 10.2. The van der Waals surface area contributed by atoms with Crippen molar-refractivity contribution in [2.45, 2.75) is 19.0 Å². The average Bonchev–Trinajstić information content (AvgIpc) is 2.42. The quantitative estimate of drug-likeness (QED) is 0.904. The van der Waals surface area contributed by atoms with Gasteiger partial charge in [0, 0.05) is 25.6 Å². The summed E-state index contributed by atoms with van der Waals surface area (Å²) in [5, 5.41) is 6.68. The number of halogens is 4. The van der Waals surface area contributed by atoms with Gasteiger partial charge in [-0.25, -0.2) is 5.01 Å². The smallest absolute Gasteiger partial charge is 0.321 e. The first-order valence-electron chi connectivity index (χ1n) is 6.20. The van der Waals surface area contributed by atoms with Gasteiger partial charge in [-0.2, -0.15) is 18.3 Å². The third-order valence-corrected chi connectivity index (χ3v) is 3.33. The van der Waals surface area contributed by atoms with Gasteiger partial charge in [-0.1, -0.05) is 11.6 Å². The van der Waals surface area contributed by atoms with Crippen LogP contribution < -0.4 is 5.32 Å². The molecule has 0 saturated carbocycles. The molecule has 0 saturated heterocycles. The Bertz CT molecular complexity index is 658. The Balaban J connectivity index is 2.19. The normalized spacial score (nSPS) is 15.6. The Hall–Kier alpha value is -2.09. The van der Waals surface area contributed by atoms with E-state index < -0.39 is 22.7 Å². The first kappa shape index (κ1) is 16.3. The van der Waals surface area contributed by atoms with Gasteiger partial charge in [-0.15, -0.1) is 0 Å². The fraction of sp³-hybridized carbons (Fsp3) is 0.308. The molecule has 5 nitrogen and oxygen atoms in total. The molecular weight excluding hydrogens is 323 g/mol. The second-order valence-electron chi connectivity index (χ2n) is 4.61. The third-order valence-electron chi connectivity index (χ3n) is 3.00. The lowest BCUT2D eigenvalue weighted by atomic mass is 10.1. The molecule has 1 aromatic rings. The van der Waals surface area contributed by atoms with E-state index in [1.54, 1.807) is 0 Å². The molecule has 1 aromatic carbocycles. The van der Waals surface area contributed by atoms with Crippen molar-refractivity contribution in [3.63, 3.8) is 0 Å².